The summed E-state index contributed by atoms with van der Waals surface area (Å²) in [5.41, 5.74) is 5.54. The molecule has 0 bridgehead atoms. The third kappa shape index (κ3) is 2.86. The van der Waals surface area contributed by atoms with Crippen molar-refractivity contribution < 1.29 is 17.9 Å². The SMILES string of the molecule is Nc1ncc(C(=O)N[C@H]2C[C@H]3COc4ccccc4S(=O)(=O)N3C2)s1. The van der Waals surface area contributed by atoms with Crippen molar-refractivity contribution in [3.05, 3.63) is 35.3 Å². The van der Waals surface area contributed by atoms with Crippen molar-refractivity contribution in [1.82, 2.24) is 14.6 Å². The van der Waals surface area contributed by atoms with Crippen LogP contribution in [0.15, 0.2) is 35.4 Å². The number of anilines is 1. The Bertz CT molecular complexity index is 927. The molecule has 1 aromatic heterocycles. The lowest BCUT2D eigenvalue weighted by atomic mass is 10.2. The Morgan fingerprint density at radius 2 is 2.20 bits per heavy atom. The van der Waals surface area contributed by atoms with Crippen LogP contribution in [-0.4, -0.2) is 48.8 Å². The number of rotatable bonds is 2. The summed E-state index contributed by atoms with van der Waals surface area (Å²) in [7, 11) is -3.66. The van der Waals surface area contributed by atoms with E-state index in [0.717, 1.165) is 11.3 Å². The third-order valence-corrected chi connectivity index (χ3v) is 7.10. The van der Waals surface area contributed by atoms with Crippen LogP contribution in [0, 0.1) is 0 Å². The zero-order valence-electron chi connectivity index (χ0n) is 13.1. The Hall–Kier alpha value is -2.17. The topological polar surface area (TPSA) is 115 Å². The van der Waals surface area contributed by atoms with Crippen LogP contribution in [0.5, 0.6) is 5.75 Å². The molecule has 0 aliphatic carbocycles. The lowest BCUT2D eigenvalue weighted by Gasteiger charge is -2.19. The molecule has 2 aliphatic heterocycles. The second-order valence-corrected chi connectivity index (χ2v) is 8.88. The zero-order valence-corrected chi connectivity index (χ0v) is 14.7. The van der Waals surface area contributed by atoms with Crippen LogP contribution in [0.1, 0.15) is 16.1 Å². The van der Waals surface area contributed by atoms with Gasteiger partial charge in [-0.3, -0.25) is 4.79 Å². The number of amides is 1. The quantitative estimate of drug-likeness (QED) is 0.792. The van der Waals surface area contributed by atoms with E-state index in [2.05, 4.69) is 10.3 Å². The molecule has 1 fully saturated rings. The molecule has 10 heteroatoms. The van der Waals surface area contributed by atoms with Crippen molar-refractivity contribution in [3.8, 4) is 5.75 Å². The zero-order chi connectivity index (χ0) is 17.6. The number of benzene rings is 1. The summed E-state index contributed by atoms with van der Waals surface area (Å²) in [5.74, 6) is 0.0770. The fraction of sp³-hybridized carbons (Fsp3) is 0.333. The largest absolute Gasteiger partial charge is 0.490 e. The Labute approximate surface area is 148 Å². The van der Waals surface area contributed by atoms with Gasteiger partial charge >= 0.3 is 0 Å². The Balaban J connectivity index is 1.55. The van der Waals surface area contributed by atoms with E-state index in [9.17, 15) is 13.2 Å². The first-order chi connectivity index (χ1) is 11.9. The van der Waals surface area contributed by atoms with Gasteiger partial charge in [0.25, 0.3) is 5.91 Å². The highest BCUT2D eigenvalue weighted by molar-refractivity contribution is 7.89. The van der Waals surface area contributed by atoms with E-state index in [0.29, 0.717) is 22.2 Å². The third-order valence-electron chi connectivity index (χ3n) is 4.31. The summed E-state index contributed by atoms with van der Waals surface area (Å²) in [6, 6.07) is 6.01. The summed E-state index contributed by atoms with van der Waals surface area (Å²) in [6.07, 6.45) is 1.91. The number of sulfonamides is 1. The molecule has 1 aromatic carbocycles. The summed E-state index contributed by atoms with van der Waals surface area (Å²) < 4.78 is 32.9. The van der Waals surface area contributed by atoms with Gasteiger partial charge in [0.1, 0.15) is 22.1 Å². The fourth-order valence-corrected chi connectivity index (χ4v) is 5.57. The van der Waals surface area contributed by atoms with Gasteiger partial charge in [0.05, 0.1) is 12.2 Å². The summed E-state index contributed by atoms with van der Waals surface area (Å²) in [6.45, 7) is 0.473. The lowest BCUT2D eigenvalue weighted by molar-refractivity contribution is 0.0942. The van der Waals surface area contributed by atoms with E-state index in [-0.39, 0.29) is 36.0 Å². The highest BCUT2D eigenvalue weighted by Crippen LogP contribution is 2.35. The number of nitrogens with zero attached hydrogens (tertiary/aromatic N) is 2. The number of aromatic nitrogens is 1. The Morgan fingerprint density at radius 1 is 1.40 bits per heavy atom. The molecular formula is C15H16N4O4S2. The molecule has 0 saturated carbocycles. The predicted octanol–water partition coefficient (Wildman–Crippen LogP) is 0.679. The molecular weight excluding hydrogens is 364 g/mol. The number of ether oxygens (including phenoxy) is 1. The summed E-state index contributed by atoms with van der Waals surface area (Å²) >= 11 is 1.10. The van der Waals surface area contributed by atoms with Crippen LogP contribution in [0.25, 0.3) is 0 Å². The molecule has 2 atom stereocenters. The molecule has 8 nitrogen and oxygen atoms in total. The number of carbonyl (C=O) groups excluding carboxylic acids is 1. The molecule has 4 rings (SSSR count). The molecule has 3 N–H and O–H groups in total. The first-order valence-electron chi connectivity index (χ1n) is 7.71. The van der Waals surface area contributed by atoms with Crippen molar-refractivity contribution in [2.24, 2.45) is 0 Å². The van der Waals surface area contributed by atoms with Gasteiger partial charge in [0.15, 0.2) is 5.13 Å². The molecule has 0 spiro atoms. The number of hydrogen-bond acceptors (Lipinski definition) is 7. The number of nitrogen functional groups attached to an aromatic ring is 1. The van der Waals surface area contributed by atoms with E-state index in [1.807, 2.05) is 0 Å². The van der Waals surface area contributed by atoms with Gasteiger partial charge in [0, 0.05) is 12.6 Å². The second kappa shape index (κ2) is 5.97. The monoisotopic (exact) mass is 380 g/mol. The number of hydrogen-bond donors (Lipinski definition) is 2. The minimum Gasteiger partial charge on any atom is -0.490 e. The number of carbonyl (C=O) groups is 1. The van der Waals surface area contributed by atoms with Gasteiger partial charge in [-0.25, -0.2) is 13.4 Å². The standard InChI is InChI=1S/C15H16N4O4S2/c16-15-17-6-12(24-15)14(20)18-9-5-10-8-23-11-3-1-2-4-13(11)25(21,22)19(10)7-9/h1-4,6,9-10H,5,7-8H2,(H2,16,17)(H,18,20)/t9-,10-/m0/s1. The number of para-hydroxylation sites is 1. The average molecular weight is 380 g/mol. The van der Waals surface area contributed by atoms with Crippen LogP contribution in [0.2, 0.25) is 0 Å². The van der Waals surface area contributed by atoms with Gasteiger partial charge < -0.3 is 15.8 Å². The number of fused-ring (bicyclic) bond motifs is 2. The van der Waals surface area contributed by atoms with E-state index in [1.54, 1.807) is 24.3 Å². The minimum absolute atomic E-state index is 0.166. The van der Waals surface area contributed by atoms with Crippen molar-refractivity contribution >= 4 is 32.4 Å². The van der Waals surface area contributed by atoms with Crippen molar-refractivity contribution in [2.45, 2.75) is 23.4 Å². The van der Waals surface area contributed by atoms with Crippen LogP contribution < -0.4 is 15.8 Å². The van der Waals surface area contributed by atoms with E-state index < -0.39 is 10.0 Å². The number of nitrogens with two attached hydrogens (primary N) is 1. The van der Waals surface area contributed by atoms with Gasteiger partial charge in [0.2, 0.25) is 10.0 Å². The van der Waals surface area contributed by atoms with Gasteiger partial charge in [-0.1, -0.05) is 23.5 Å². The maximum absolute atomic E-state index is 12.9. The number of thiazole rings is 1. The molecule has 2 aliphatic rings. The van der Waals surface area contributed by atoms with Gasteiger partial charge in [-0.05, 0) is 18.6 Å². The summed E-state index contributed by atoms with van der Waals surface area (Å²) in [4.78, 5) is 16.7. The van der Waals surface area contributed by atoms with E-state index in [1.165, 1.54) is 10.5 Å². The predicted molar refractivity (Wildman–Crippen MR) is 92.0 cm³/mol. The smallest absolute Gasteiger partial charge is 0.263 e. The van der Waals surface area contributed by atoms with Crippen LogP contribution >= 0.6 is 11.3 Å². The molecule has 2 aromatic rings. The minimum atomic E-state index is -3.66. The molecule has 0 radical (unpaired) electrons. The van der Waals surface area contributed by atoms with Crippen molar-refractivity contribution in [2.75, 3.05) is 18.9 Å². The van der Waals surface area contributed by atoms with Crippen LogP contribution in [0.3, 0.4) is 0 Å². The molecule has 3 heterocycles. The first kappa shape index (κ1) is 16.3. The first-order valence-corrected chi connectivity index (χ1v) is 9.96. The van der Waals surface area contributed by atoms with Gasteiger partial charge in [-0.15, -0.1) is 0 Å². The van der Waals surface area contributed by atoms with Crippen LogP contribution in [0.4, 0.5) is 5.13 Å². The van der Waals surface area contributed by atoms with Crippen molar-refractivity contribution in [1.29, 1.82) is 0 Å². The molecule has 0 unspecified atom stereocenters. The van der Waals surface area contributed by atoms with Gasteiger partial charge in [-0.2, -0.15) is 4.31 Å². The maximum atomic E-state index is 12.9. The van der Waals surface area contributed by atoms with Crippen LogP contribution in [-0.2, 0) is 10.0 Å². The molecule has 1 saturated heterocycles. The maximum Gasteiger partial charge on any atom is 0.263 e. The van der Waals surface area contributed by atoms with E-state index >= 15 is 0 Å². The molecule has 1 amide bonds. The average Bonchev–Trinajstić information content (AvgIpc) is 3.17. The highest BCUT2D eigenvalue weighted by atomic mass is 32.2. The normalized spacial score (nSPS) is 24.6. The summed E-state index contributed by atoms with van der Waals surface area (Å²) in [5, 5.41) is 3.18. The second-order valence-electron chi connectivity index (χ2n) is 5.96. The Kier molecular flexibility index (Phi) is 3.89. The van der Waals surface area contributed by atoms with Crippen molar-refractivity contribution in [3.63, 3.8) is 0 Å². The Morgan fingerprint density at radius 3 is 2.96 bits per heavy atom. The molecule has 132 valence electrons. The lowest BCUT2D eigenvalue weighted by Crippen LogP contribution is -2.39. The molecule has 25 heavy (non-hydrogen) atoms. The number of nitrogens with one attached hydrogen (secondary N) is 1. The highest BCUT2D eigenvalue weighted by Gasteiger charge is 2.44. The fourth-order valence-electron chi connectivity index (χ4n) is 3.18. The van der Waals surface area contributed by atoms with E-state index in [4.69, 9.17) is 10.5 Å².